The van der Waals surface area contributed by atoms with Crippen LogP contribution in [0.15, 0.2) is 24.3 Å². The van der Waals surface area contributed by atoms with Gasteiger partial charge in [0.2, 0.25) is 0 Å². The zero-order chi connectivity index (χ0) is 7.56. The van der Waals surface area contributed by atoms with E-state index in [-0.39, 0.29) is 19.5 Å². The average Bonchev–Trinajstić information content (AvgIpc) is 1.88. The molecule has 0 aliphatic carbocycles. The Labute approximate surface area is 78.0 Å². The summed E-state index contributed by atoms with van der Waals surface area (Å²) in [4.78, 5) is 8.62. The van der Waals surface area contributed by atoms with E-state index in [1.165, 1.54) is 0 Å². The van der Waals surface area contributed by atoms with Gasteiger partial charge in [0.15, 0.2) is 0 Å². The SMILES string of the molecule is Cc1cccc(C(O)=[OH+])c1.[Zn]. The van der Waals surface area contributed by atoms with Gasteiger partial charge in [-0.05, 0) is 19.1 Å². The van der Waals surface area contributed by atoms with Gasteiger partial charge in [-0.3, -0.25) is 0 Å². The fourth-order valence-electron chi connectivity index (χ4n) is 0.784. The van der Waals surface area contributed by atoms with E-state index in [1.54, 1.807) is 18.2 Å². The Kier molecular flexibility index (Phi) is 3.98. The van der Waals surface area contributed by atoms with Gasteiger partial charge in [-0.2, -0.15) is 0 Å². The first-order chi connectivity index (χ1) is 4.70. The van der Waals surface area contributed by atoms with Crippen molar-refractivity contribution in [1.82, 2.24) is 0 Å². The van der Waals surface area contributed by atoms with E-state index in [4.69, 9.17) is 9.90 Å². The molecule has 54 valence electrons. The number of aryl methyl sites for hydroxylation is 1. The summed E-state index contributed by atoms with van der Waals surface area (Å²) in [6, 6.07) is 7.02. The molecule has 2 nitrogen and oxygen atoms in total. The number of carboxylic acids is 1. The molecule has 2 N–H and O–H groups in total. The molecule has 0 saturated carbocycles. The van der Waals surface area contributed by atoms with Crippen molar-refractivity contribution >= 4 is 5.97 Å². The predicted octanol–water partition coefficient (Wildman–Crippen LogP) is 1.40. The maximum absolute atomic E-state index is 8.62. The molecule has 0 aromatic heterocycles. The molecule has 1 aromatic rings. The first kappa shape index (κ1) is 10.3. The fraction of sp³-hybridized carbons (Fsp3) is 0.125. The molecule has 0 spiro atoms. The van der Waals surface area contributed by atoms with Crippen molar-refractivity contribution in [3.8, 4) is 0 Å². The molecular weight excluding hydrogens is 193 g/mol. The Balaban J connectivity index is 0.000001000. The Morgan fingerprint density at radius 2 is 2.09 bits per heavy atom. The Morgan fingerprint density at radius 3 is 2.45 bits per heavy atom. The summed E-state index contributed by atoms with van der Waals surface area (Å²) >= 11 is 0. The van der Waals surface area contributed by atoms with E-state index < -0.39 is 5.97 Å². The molecule has 0 aliphatic heterocycles. The zero-order valence-electron chi connectivity index (χ0n) is 6.41. The van der Waals surface area contributed by atoms with Crippen molar-refractivity contribution in [2.75, 3.05) is 0 Å². The molecule has 0 unspecified atom stereocenters. The molecule has 0 bridgehead atoms. The first-order valence-electron chi connectivity index (χ1n) is 3.02. The van der Waals surface area contributed by atoms with Gasteiger partial charge in [0.25, 0.3) is 0 Å². The molecule has 0 amide bonds. The molecular formula is C8H9O2Zn+. The normalized spacial score (nSPS) is 8.45. The summed E-state index contributed by atoms with van der Waals surface area (Å²) in [7, 11) is 0. The van der Waals surface area contributed by atoms with Crippen LogP contribution in [0.1, 0.15) is 11.1 Å². The molecule has 1 rings (SSSR count). The van der Waals surface area contributed by atoms with Crippen molar-refractivity contribution in [2.24, 2.45) is 0 Å². The van der Waals surface area contributed by atoms with Crippen LogP contribution >= 0.6 is 0 Å². The number of aromatic carboxylic acids is 1. The Morgan fingerprint density at radius 1 is 1.45 bits per heavy atom. The van der Waals surface area contributed by atoms with Gasteiger partial charge in [-0.15, -0.1) is 0 Å². The van der Waals surface area contributed by atoms with Crippen molar-refractivity contribution in [3.05, 3.63) is 35.4 Å². The quantitative estimate of drug-likeness (QED) is 0.543. The van der Waals surface area contributed by atoms with Crippen molar-refractivity contribution < 1.29 is 29.4 Å². The molecule has 0 fully saturated rings. The second kappa shape index (κ2) is 4.25. The number of hydrogen-bond acceptors (Lipinski definition) is 0. The second-order valence-electron chi connectivity index (χ2n) is 2.19. The van der Waals surface area contributed by atoms with E-state index in [1.807, 2.05) is 13.0 Å². The van der Waals surface area contributed by atoms with Crippen molar-refractivity contribution in [3.63, 3.8) is 0 Å². The molecule has 3 heteroatoms. The number of rotatable bonds is 1. The van der Waals surface area contributed by atoms with Gasteiger partial charge >= 0.3 is 5.97 Å². The standard InChI is InChI=1S/C8H8O2.Zn/c1-6-3-2-4-7(5-6)8(9)10;/h2-5H,1H3,(H,9,10);/p+1. The molecule has 0 atom stereocenters. The zero-order valence-corrected chi connectivity index (χ0v) is 9.38. The number of hydrogen-bond donors (Lipinski definition) is 1. The maximum Gasteiger partial charge on any atom is 0.515 e. The van der Waals surface area contributed by atoms with Crippen LogP contribution in [0, 0.1) is 6.92 Å². The molecule has 0 saturated heterocycles. The Hall–Kier alpha value is -0.687. The van der Waals surface area contributed by atoms with E-state index in [9.17, 15) is 0 Å². The van der Waals surface area contributed by atoms with Crippen LogP contribution < -0.4 is 0 Å². The number of benzene rings is 1. The topological polar surface area (TPSA) is 41.6 Å². The molecule has 1 aromatic carbocycles. The first-order valence-corrected chi connectivity index (χ1v) is 3.02. The summed E-state index contributed by atoms with van der Waals surface area (Å²) in [5, 5.41) is 8.62. The number of carboxylic acid groups (broad SMARTS) is 1. The monoisotopic (exact) mass is 201 g/mol. The van der Waals surface area contributed by atoms with Gasteiger partial charge in [0, 0.05) is 19.5 Å². The van der Waals surface area contributed by atoms with Crippen LogP contribution in [0.25, 0.3) is 0 Å². The summed E-state index contributed by atoms with van der Waals surface area (Å²) in [6.07, 6.45) is 0. The van der Waals surface area contributed by atoms with Gasteiger partial charge < -0.3 is 9.90 Å². The summed E-state index contributed by atoms with van der Waals surface area (Å²) in [6.45, 7) is 1.90. The van der Waals surface area contributed by atoms with Crippen LogP contribution in [0.4, 0.5) is 0 Å². The van der Waals surface area contributed by atoms with Gasteiger partial charge in [-0.25, -0.2) is 0 Å². The predicted molar refractivity (Wildman–Crippen MR) is 39.9 cm³/mol. The maximum atomic E-state index is 8.62. The largest absolute Gasteiger partial charge is 0.515 e. The summed E-state index contributed by atoms with van der Waals surface area (Å²) < 4.78 is 0. The summed E-state index contributed by atoms with van der Waals surface area (Å²) in [5.41, 5.74) is 1.47. The minimum absolute atomic E-state index is 0. The van der Waals surface area contributed by atoms with Crippen LogP contribution in [0.5, 0.6) is 0 Å². The van der Waals surface area contributed by atoms with Crippen molar-refractivity contribution in [2.45, 2.75) is 6.92 Å². The van der Waals surface area contributed by atoms with E-state index in [2.05, 4.69) is 0 Å². The van der Waals surface area contributed by atoms with Crippen LogP contribution in [0.3, 0.4) is 0 Å². The summed E-state index contributed by atoms with van der Waals surface area (Å²) in [5.74, 6) is -0.622. The van der Waals surface area contributed by atoms with E-state index >= 15 is 0 Å². The third-order valence-electron chi connectivity index (χ3n) is 1.28. The van der Waals surface area contributed by atoms with Crippen molar-refractivity contribution in [1.29, 1.82) is 0 Å². The van der Waals surface area contributed by atoms with E-state index in [0.29, 0.717) is 5.56 Å². The second-order valence-corrected chi connectivity index (χ2v) is 2.19. The van der Waals surface area contributed by atoms with Crippen LogP contribution in [-0.4, -0.2) is 15.9 Å². The van der Waals surface area contributed by atoms with Gasteiger partial charge in [0.05, 0.1) is 0 Å². The molecule has 11 heavy (non-hydrogen) atoms. The molecule has 0 radical (unpaired) electrons. The van der Waals surface area contributed by atoms with Crippen LogP contribution in [-0.2, 0) is 19.5 Å². The minimum atomic E-state index is -0.622. The van der Waals surface area contributed by atoms with E-state index in [0.717, 1.165) is 5.56 Å². The van der Waals surface area contributed by atoms with Crippen LogP contribution in [0.2, 0.25) is 0 Å². The smallest absolute Gasteiger partial charge is 0.335 e. The minimum Gasteiger partial charge on any atom is -0.335 e. The average molecular weight is 203 g/mol. The number of aliphatic hydroxyl groups excluding tert-OH is 1. The third-order valence-corrected chi connectivity index (χ3v) is 1.28. The molecule has 0 aliphatic rings. The fourth-order valence-corrected chi connectivity index (χ4v) is 0.784. The van der Waals surface area contributed by atoms with Gasteiger partial charge in [0.1, 0.15) is 5.56 Å². The van der Waals surface area contributed by atoms with Gasteiger partial charge in [-0.1, -0.05) is 17.7 Å². The molecule has 0 heterocycles. The Bertz CT molecular complexity index is 258. The third kappa shape index (κ3) is 2.81.